The summed E-state index contributed by atoms with van der Waals surface area (Å²) in [4.78, 5) is 28.7. The molecule has 2 aromatic carbocycles. The summed E-state index contributed by atoms with van der Waals surface area (Å²) in [6.45, 7) is 14.0. The van der Waals surface area contributed by atoms with Crippen LogP contribution in [0.2, 0.25) is 0 Å². The van der Waals surface area contributed by atoms with E-state index in [2.05, 4.69) is 52.2 Å². The van der Waals surface area contributed by atoms with Crippen molar-refractivity contribution in [2.45, 2.75) is 110 Å². The molecule has 2 aromatic rings. The lowest BCUT2D eigenvalue weighted by Gasteiger charge is -2.40. The molecule has 0 radical (unpaired) electrons. The van der Waals surface area contributed by atoms with E-state index in [0.29, 0.717) is 11.8 Å². The van der Waals surface area contributed by atoms with E-state index in [9.17, 15) is 9.59 Å². The lowest BCUT2D eigenvalue weighted by Crippen LogP contribution is -2.56. The summed E-state index contributed by atoms with van der Waals surface area (Å²) in [7, 11) is 0. The molecule has 4 saturated carbocycles. The second kappa shape index (κ2) is 9.65. The molecule has 4 bridgehead atoms. The molecule has 6 heteroatoms. The fraction of sp³-hybridized carbons (Fsp3) is 0.622. The van der Waals surface area contributed by atoms with Crippen LogP contribution >= 0.6 is 0 Å². The molecule has 1 heterocycles. The first-order valence-corrected chi connectivity index (χ1v) is 16.4. The molecule has 4 aliphatic carbocycles. The van der Waals surface area contributed by atoms with E-state index in [-0.39, 0.29) is 45.6 Å². The summed E-state index contributed by atoms with van der Waals surface area (Å²) < 4.78 is 13.6. The molecular weight excluding hydrogens is 536 g/mol. The molecule has 1 aliphatic heterocycles. The third-order valence-corrected chi connectivity index (χ3v) is 13.9. The van der Waals surface area contributed by atoms with E-state index in [1.807, 2.05) is 60.7 Å². The first kappa shape index (κ1) is 29.0. The average molecular weight is 585 g/mol. The van der Waals surface area contributed by atoms with Crippen LogP contribution in [0.3, 0.4) is 0 Å². The minimum absolute atomic E-state index is 0.00372. The number of carbonyl (C=O) groups is 2. The smallest absolute Gasteiger partial charge is 0.252 e. The highest BCUT2D eigenvalue weighted by Gasteiger charge is 2.64. The highest BCUT2D eigenvalue weighted by molar-refractivity contribution is 5.92. The highest BCUT2D eigenvalue weighted by Crippen LogP contribution is 2.66. The van der Waals surface area contributed by atoms with Gasteiger partial charge >= 0.3 is 0 Å². The van der Waals surface area contributed by atoms with Gasteiger partial charge in [0.25, 0.3) is 11.8 Å². The van der Waals surface area contributed by atoms with Gasteiger partial charge in [-0.05, 0) is 72.0 Å². The quantitative estimate of drug-likeness (QED) is 0.416. The number of fused-ring (bicyclic) bond motifs is 4. The molecule has 5 fully saturated rings. The Morgan fingerprint density at radius 2 is 1.00 bits per heavy atom. The van der Waals surface area contributed by atoms with Gasteiger partial charge in [0.05, 0.1) is 0 Å². The second-order valence-electron chi connectivity index (χ2n) is 15.8. The molecule has 7 rings (SSSR count). The predicted octanol–water partition coefficient (Wildman–Crippen LogP) is 6.33. The number of carbonyl (C=O) groups excluding carboxylic acids is 2. The molecule has 5 aliphatic rings. The number of rotatable bonds is 6. The molecule has 1 saturated heterocycles. The van der Waals surface area contributed by atoms with Gasteiger partial charge in [-0.3, -0.25) is 9.59 Å². The fourth-order valence-corrected chi connectivity index (χ4v) is 10.00. The van der Waals surface area contributed by atoms with Crippen LogP contribution in [0.1, 0.15) is 91.2 Å². The van der Waals surface area contributed by atoms with Crippen molar-refractivity contribution < 1.29 is 19.1 Å². The largest absolute Gasteiger partial charge is 0.350 e. The van der Waals surface area contributed by atoms with E-state index in [1.54, 1.807) is 0 Å². The molecule has 0 spiro atoms. The van der Waals surface area contributed by atoms with Crippen LogP contribution < -0.4 is 10.6 Å². The van der Waals surface area contributed by atoms with Crippen LogP contribution in [-0.4, -0.2) is 36.1 Å². The average Bonchev–Trinajstić information content (AvgIpc) is 3.68. The SMILES string of the molecule is CC1(C)[C@@H]2CC[C@@]1(C)[C@@H](NC(=O)[C@@H]1OC(c3ccccc3)(c3ccccc3)O[C@H]1C(=O)N[C@H]1C[C@H]3CC[C@]1(C)C3(C)C)C2. The van der Waals surface area contributed by atoms with Crippen molar-refractivity contribution in [2.75, 3.05) is 0 Å². The summed E-state index contributed by atoms with van der Waals surface area (Å²) >= 11 is 0. The summed E-state index contributed by atoms with van der Waals surface area (Å²) in [5.41, 5.74) is 1.83. The number of hydrogen-bond donors (Lipinski definition) is 2. The Hall–Kier alpha value is -2.70. The zero-order valence-electron chi connectivity index (χ0n) is 26.6. The van der Waals surface area contributed by atoms with Gasteiger partial charge in [-0.1, -0.05) is 102 Å². The molecule has 0 aromatic heterocycles. The molecule has 43 heavy (non-hydrogen) atoms. The van der Waals surface area contributed by atoms with Gasteiger partial charge in [0.2, 0.25) is 5.79 Å². The molecule has 8 atom stereocenters. The van der Waals surface area contributed by atoms with E-state index in [4.69, 9.17) is 9.47 Å². The minimum atomic E-state index is -1.39. The minimum Gasteiger partial charge on any atom is -0.350 e. The van der Waals surface area contributed by atoms with Crippen molar-refractivity contribution in [3.63, 3.8) is 0 Å². The zero-order chi connectivity index (χ0) is 30.4. The summed E-state index contributed by atoms with van der Waals surface area (Å²) in [6.07, 6.45) is 4.32. The molecule has 2 N–H and O–H groups in total. The van der Waals surface area contributed by atoms with Crippen molar-refractivity contribution in [2.24, 2.45) is 33.5 Å². The number of benzene rings is 2. The van der Waals surface area contributed by atoms with E-state index in [0.717, 1.165) is 36.8 Å². The standard InChI is InChI=1S/C37H48N2O4/c1-33(2)25-17-19-35(33,5)27(21-25)38-31(40)29-30(32(41)39-28-22-26-18-20-36(28,6)34(26,3)4)43-37(42-29,23-13-9-7-10-14-23)24-15-11-8-12-16-24/h7-16,25-30H,17-22H2,1-6H3,(H,38,40)(H,39,41)/t25-,26-,27+,28+,29-,30-,35+,36+/m1/s1. The maximum atomic E-state index is 14.3. The second-order valence-corrected chi connectivity index (χ2v) is 15.8. The van der Waals surface area contributed by atoms with Crippen molar-refractivity contribution >= 4 is 11.8 Å². The number of amides is 2. The van der Waals surface area contributed by atoms with Gasteiger partial charge in [0, 0.05) is 23.2 Å². The Morgan fingerprint density at radius 1 is 0.628 bits per heavy atom. The Balaban J connectivity index is 1.23. The van der Waals surface area contributed by atoms with Crippen molar-refractivity contribution in [1.82, 2.24) is 10.6 Å². The summed E-state index contributed by atoms with van der Waals surface area (Å²) in [5.74, 6) is -0.747. The molecule has 6 nitrogen and oxygen atoms in total. The van der Waals surface area contributed by atoms with Gasteiger partial charge < -0.3 is 20.1 Å². The van der Waals surface area contributed by atoms with Gasteiger partial charge in [0.15, 0.2) is 12.2 Å². The van der Waals surface area contributed by atoms with Crippen LogP contribution in [-0.2, 0) is 24.8 Å². The third-order valence-electron chi connectivity index (χ3n) is 13.9. The van der Waals surface area contributed by atoms with Crippen LogP contribution in [0.25, 0.3) is 0 Å². The molecule has 0 unspecified atom stereocenters. The van der Waals surface area contributed by atoms with Gasteiger partial charge in [-0.15, -0.1) is 0 Å². The normalized spacial score (nSPS) is 39.6. The summed E-state index contributed by atoms with van der Waals surface area (Å²) in [5, 5.41) is 6.78. The highest BCUT2D eigenvalue weighted by atomic mass is 16.8. The van der Waals surface area contributed by atoms with E-state index >= 15 is 0 Å². The lowest BCUT2D eigenvalue weighted by atomic mass is 9.69. The van der Waals surface area contributed by atoms with Gasteiger partial charge in [0.1, 0.15) is 0 Å². The Bertz CT molecular complexity index is 1300. The molecule has 2 amide bonds. The van der Waals surface area contributed by atoms with Crippen LogP contribution in [0.15, 0.2) is 60.7 Å². The Kier molecular flexibility index (Phi) is 6.51. The van der Waals surface area contributed by atoms with E-state index in [1.165, 1.54) is 12.8 Å². The summed E-state index contributed by atoms with van der Waals surface area (Å²) in [6, 6.07) is 19.5. The number of hydrogen-bond acceptors (Lipinski definition) is 4. The zero-order valence-corrected chi connectivity index (χ0v) is 26.6. The fourth-order valence-electron chi connectivity index (χ4n) is 10.00. The first-order valence-electron chi connectivity index (χ1n) is 16.4. The van der Waals surface area contributed by atoms with Crippen LogP contribution in [0.5, 0.6) is 0 Å². The van der Waals surface area contributed by atoms with Crippen LogP contribution in [0.4, 0.5) is 0 Å². The number of ether oxygens (including phenoxy) is 2. The maximum Gasteiger partial charge on any atom is 0.252 e. The van der Waals surface area contributed by atoms with Crippen molar-refractivity contribution in [1.29, 1.82) is 0 Å². The van der Waals surface area contributed by atoms with Gasteiger partial charge in [-0.25, -0.2) is 0 Å². The van der Waals surface area contributed by atoms with Gasteiger partial charge in [-0.2, -0.15) is 0 Å². The molecule has 230 valence electrons. The van der Waals surface area contributed by atoms with Crippen LogP contribution in [0, 0.1) is 33.5 Å². The number of nitrogens with one attached hydrogen (secondary N) is 2. The maximum absolute atomic E-state index is 14.3. The Labute approximate surface area is 256 Å². The monoisotopic (exact) mass is 584 g/mol. The topological polar surface area (TPSA) is 76.7 Å². The first-order chi connectivity index (χ1) is 20.3. The van der Waals surface area contributed by atoms with Crippen molar-refractivity contribution in [3.05, 3.63) is 71.8 Å². The Morgan fingerprint density at radius 3 is 1.30 bits per heavy atom. The van der Waals surface area contributed by atoms with E-state index < -0.39 is 18.0 Å². The predicted molar refractivity (Wildman–Crippen MR) is 166 cm³/mol. The molecular formula is C37H48N2O4. The van der Waals surface area contributed by atoms with Crippen molar-refractivity contribution in [3.8, 4) is 0 Å². The third kappa shape index (κ3) is 3.97. The lowest BCUT2D eigenvalue weighted by molar-refractivity contribution is -0.163.